The second-order valence-corrected chi connectivity index (χ2v) is 11.0. The van der Waals surface area contributed by atoms with Crippen LogP contribution < -0.4 is 4.74 Å². The third kappa shape index (κ3) is 12.4. The highest BCUT2D eigenvalue weighted by molar-refractivity contribution is 5.28. The topological polar surface area (TPSA) is 15.7 Å². The Hall–Kier alpha value is -2.62. The zero-order valence-corrected chi connectivity index (χ0v) is 24.9. The summed E-state index contributed by atoms with van der Waals surface area (Å²) in [6, 6.07) is 28.5. The van der Waals surface area contributed by atoms with Crippen molar-refractivity contribution < 1.29 is 4.74 Å². The molecule has 0 aliphatic rings. The van der Waals surface area contributed by atoms with Crippen LogP contribution in [0, 0.1) is 0 Å². The molecule has 0 fully saturated rings. The van der Waals surface area contributed by atoms with Crippen molar-refractivity contribution in [3.8, 4) is 5.75 Å². The second kappa shape index (κ2) is 18.6. The van der Waals surface area contributed by atoms with Crippen molar-refractivity contribution in [3.63, 3.8) is 0 Å². The van der Waals surface area contributed by atoms with Gasteiger partial charge in [0, 0.05) is 26.2 Å². The standard InChI is InChI=1S/C36H52N2O/c1-4-7-11-14-32-17-19-33(20-18-32)29-38(28-27-37(25-8-5-2)26-9-6-3)30-34-21-23-36(24-22-34)39-31-35-15-12-10-13-16-35/h10,12-13,15-24H,4-9,11,14,25-31H2,1-3H3. The highest BCUT2D eigenvalue weighted by Crippen LogP contribution is 2.18. The molecule has 0 saturated heterocycles. The highest BCUT2D eigenvalue weighted by Gasteiger charge is 2.12. The number of ether oxygens (including phenoxy) is 1. The van der Waals surface area contributed by atoms with E-state index in [1.165, 1.54) is 86.7 Å². The fraction of sp³-hybridized carbons (Fsp3) is 0.500. The molecule has 3 heteroatoms. The first-order valence-electron chi connectivity index (χ1n) is 15.5. The van der Waals surface area contributed by atoms with Crippen LogP contribution in [0.3, 0.4) is 0 Å². The Morgan fingerprint density at radius 1 is 0.487 bits per heavy atom. The minimum Gasteiger partial charge on any atom is -0.489 e. The van der Waals surface area contributed by atoms with Crippen LogP contribution in [0.1, 0.15) is 88.0 Å². The molecule has 3 nitrogen and oxygen atoms in total. The Bertz CT molecular complexity index is 992. The van der Waals surface area contributed by atoms with Crippen LogP contribution in [-0.2, 0) is 26.1 Å². The van der Waals surface area contributed by atoms with Gasteiger partial charge in [-0.25, -0.2) is 0 Å². The van der Waals surface area contributed by atoms with Crippen molar-refractivity contribution in [2.75, 3.05) is 26.2 Å². The van der Waals surface area contributed by atoms with Gasteiger partial charge in [-0.1, -0.05) is 113 Å². The molecule has 0 unspecified atom stereocenters. The summed E-state index contributed by atoms with van der Waals surface area (Å²) in [6.45, 7) is 14.0. The van der Waals surface area contributed by atoms with Crippen LogP contribution in [-0.4, -0.2) is 36.0 Å². The largest absolute Gasteiger partial charge is 0.489 e. The van der Waals surface area contributed by atoms with Gasteiger partial charge in [0.25, 0.3) is 0 Å². The summed E-state index contributed by atoms with van der Waals surface area (Å²) in [6.07, 6.45) is 10.2. The molecule has 0 spiro atoms. The maximum absolute atomic E-state index is 6.03. The normalized spacial score (nSPS) is 11.4. The van der Waals surface area contributed by atoms with Gasteiger partial charge in [0.05, 0.1) is 0 Å². The van der Waals surface area contributed by atoms with E-state index in [-0.39, 0.29) is 0 Å². The number of benzene rings is 3. The Balaban J connectivity index is 1.62. The molecule has 0 atom stereocenters. The molecule has 0 aliphatic heterocycles. The molecular formula is C36H52N2O. The van der Waals surface area contributed by atoms with E-state index in [2.05, 4.69) is 103 Å². The van der Waals surface area contributed by atoms with Gasteiger partial charge in [0.2, 0.25) is 0 Å². The van der Waals surface area contributed by atoms with Crippen molar-refractivity contribution in [1.82, 2.24) is 9.80 Å². The van der Waals surface area contributed by atoms with Crippen molar-refractivity contribution >= 4 is 0 Å². The van der Waals surface area contributed by atoms with Crippen molar-refractivity contribution in [2.45, 2.75) is 91.8 Å². The number of rotatable bonds is 20. The summed E-state index contributed by atoms with van der Waals surface area (Å²) >= 11 is 0. The van der Waals surface area contributed by atoms with Gasteiger partial charge < -0.3 is 9.64 Å². The fourth-order valence-electron chi connectivity index (χ4n) is 4.93. The van der Waals surface area contributed by atoms with Crippen LogP contribution in [0.5, 0.6) is 5.75 Å². The Morgan fingerprint density at radius 3 is 1.62 bits per heavy atom. The summed E-state index contributed by atoms with van der Waals surface area (Å²) in [5.41, 5.74) is 5.41. The first-order chi connectivity index (χ1) is 19.2. The van der Waals surface area contributed by atoms with Gasteiger partial charge in [-0.2, -0.15) is 0 Å². The molecule has 3 aromatic rings. The van der Waals surface area contributed by atoms with E-state index in [9.17, 15) is 0 Å². The maximum Gasteiger partial charge on any atom is 0.119 e. The monoisotopic (exact) mass is 528 g/mol. The minimum atomic E-state index is 0.603. The first-order valence-corrected chi connectivity index (χ1v) is 15.5. The number of aryl methyl sites for hydroxylation is 1. The van der Waals surface area contributed by atoms with E-state index < -0.39 is 0 Å². The molecule has 39 heavy (non-hydrogen) atoms. The molecule has 0 bridgehead atoms. The molecule has 0 amide bonds. The first kappa shape index (κ1) is 30.9. The molecule has 0 aliphatic carbocycles. The van der Waals surface area contributed by atoms with Gasteiger partial charge >= 0.3 is 0 Å². The molecule has 0 N–H and O–H groups in total. The summed E-state index contributed by atoms with van der Waals surface area (Å²) in [4.78, 5) is 5.30. The van der Waals surface area contributed by atoms with Crippen molar-refractivity contribution in [3.05, 3.63) is 101 Å². The summed E-state index contributed by atoms with van der Waals surface area (Å²) in [5, 5.41) is 0. The van der Waals surface area contributed by atoms with Crippen LogP contribution in [0.4, 0.5) is 0 Å². The zero-order valence-electron chi connectivity index (χ0n) is 24.9. The van der Waals surface area contributed by atoms with Gasteiger partial charge in [0.15, 0.2) is 0 Å². The Morgan fingerprint density at radius 2 is 1.03 bits per heavy atom. The zero-order chi connectivity index (χ0) is 27.5. The lowest BCUT2D eigenvalue weighted by Gasteiger charge is -2.28. The summed E-state index contributed by atoms with van der Waals surface area (Å²) < 4.78 is 6.03. The predicted octanol–water partition coefficient (Wildman–Crippen LogP) is 8.90. The highest BCUT2D eigenvalue weighted by atomic mass is 16.5. The number of unbranched alkanes of at least 4 members (excludes halogenated alkanes) is 4. The van der Waals surface area contributed by atoms with E-state index in [4.69, 9.17) is 4.74 Å². The van der Waals surface area contributed by atoms with Gasteiger partial charge in [0.1, 0.15) is 12.4 Å². The SMILES string of the molecule is CCCCCc1ccc(CN(CCN(CCCC)CCCC)Cc2ccc(OCc3ccccc3)cc2)cc1. The van der Waals surface area contributed by atoms with Gasteiger partial charge in [-0.05, 0) is 73.2 Å². The molecular weight excluding hydrogens is 476 g/mol. The molecule has 0 radical (unpaired) electrons. The lowest BCUT2D eigenvalue weighted by molar-refractivity contribution is 0.189. The van der Waals surface area contributed by atoms with Crippen LogP contribution in [0.2, 0.25) is 0 Å². The number of hydrogen-bond acceptors (Lipinski definition) is 3. The maximum atomic E-state index is 6.03. The van der Waals surface area contributed by atoms with E-state index in [1.54, 1.807) is 0 Å². The Labute approximate surface area is 239 Å². The van der Waals surface area contributed by atoms with Gasteiger partial charge in [-0.15, -0.1) is 0 Å². The van der Waals surface area contributed by atoms with E-state index in [1.807, 2.05) is 6.07 Å². The molecule has 0 saturated carbocycles. The van der Waals surface area contributed by atoms with Crippen LogP contribution in [0.25, 0.3) is 0 Å². The van der Waals surface area contributed by atoms with Gasteiger partial charge in [-0.3, -0.25) is 4.90 Å². The van der Waals surface area contributed by atoms with E-state index in [0.717, 1.165) is 31.9 Å². The quantitative estimate of drug-likeness (QED) is 0.136. The third-order valence-electron chi connectivity index (χ3n) is 7.46. The number of nitrogens with zero attached hydrogens (tertiary/aromatic N) is 2. The molecule has 212 valence electrons. The molecule has 0 aromatic heterocycles. The average Bonchev–Trinajstić information content (AvgIpc) is 2.98. The van der Waals surface area contributed by atoms with E-state index >= 15 is 0 Å². The van der Waals surface area contributed by atoms with Crippen molar-refractivity contribution in [2.24, 2.45) is 0 Å². The van der Waals surface area contributed by atoms with Crippen molar-refractivity contribution in [1.29, 1.82) is 0 Å². The predicted molar refractivity (Wildman–Crippen MR) is 167 cm³/mol. The molecule has 3 rings (SSSR count). The average molecular weight is 529 g/mol. The minimum absolute atomic E-state index is 0.603. The smallest absolute Gasteiger partial charge is 0.119 e. The van der Waals surface area contributed by atoms with E-state index in [0.29, 0.717) is 6.61 Å². The lowest BCUT2D eigenvalue weighted by Crippen LogP contribution is -2.36. The lowest BCUT2D eigenvalue weighted by atomic mass is 10.0. The van der Waals surface area contributed by atoms with Crippen LogP contribution >= 0.6 is 0 Å². The second-order valence-electron chi connectivity index (χ2n) is 11.0. The van der Waals surface area contributed by atoms with Crippen LogP contribution in [0.15, 0.2) is 78.9 Å². The summed E-state index contributed by atoms with van der Waals surface area (Å²) in [7, 11) is 0. The summed E-state index contributed by atoms with van der Waals surface area (Å²) in [5.74, 6) is 0.929. The number of hydrogen-bond donors (Lipinski definition) is 0. The Kier molecular flexibility index (Phi) is 14.8. The molecule has 3 aromatic carbocycles. The third-order valence-corrected chi connectivity index (χ3v) is 7.46. The molecule has 0 heterocycles. The fourth-order valence-corrected chi connectivity index (χ4v) is 4.93.